The molecule has 1 atom stereocenters. The molecule has 1 unspecified atom stereocenters. The fraction of sp³-hybridized carbons (Fsp3) is 0.933. The molecular weight excluding hydrogens is 242 g/mol. The van der Waals surface area contributed by atoms with E-state index in [1.54, 1.807) is 0 Å². The van der Waals surface area contributed by atoms with Crippen molar-refractivity contribution >= 4 is 5.97 Å². The lowest BCUT2D eigenvalue weighted by molar-refractivity contribution is -0.151. The van der Waals surface area contributed by atoms with Crippen molar-refractivity contribution < 1.29 is 14.6 Å². The van der Waals surface area contributed by atoms with Gasteiger partial charge < -0.3 is 15.2 Å². The molecule has 4 nitrogen and oxygen atoms in total. The molecule has 0 amide bonds. The molecule has 4 heteroatoms. The van der Waals surface area contributed by atoms with E-state index < -0.39 is 5.60 Å². The zero-order valence-electron chi connectivity index (χ0n) is 12.6. The molecule has 2 N–H and O–H groups in total. The number of nitrogens with one attached hydrogen (secondary N) is 1. The maximum absolute atomic E-state index is 11.6. The highest BCUT2D eigenvalue weighted by Gasteiger charge is 2.36. The van der Waals surface area contributed by atoms with Gasteiger partial charge in [0, 0.05) is 12.6 Å². The number of esters is 1. The molecule has 0 aromatic rings. The third-order valence-corrected chi connectivity index (χ3v) is 4.04. The van der Waals surface area contributed by atoms with Gasteiger partial charge in [0.05, 0.1) is 18.1 Å². The van der Waals surface area contributed by atoms with Crippen LogP contribution >= 0.6 is 0 Å². The number of hydrogen-bond acceptors (Lipinski definition) is 4. The van der Waals surface area contributed by atoms with E-state index in [9.17, 15) is 9.90 Å². The first-order chi connectivity index (χ1) is 9.00. The zero-order valence-corrected chi connectivity index (χ0v) is 12.6. The Balaban J connectivity index is 2.32. The summed E-state index contributed by atoms with van der Waals surface area (Å²) in [5.41, 5.74) is -0.648. The quantitative estimate of drug-likeness (QED) is 0.697. The normalized spacial score (nSPS) is 28.9. The van der Waals surface area contributed by atoms with Crippen molar-refractivity contribution in [3.8, 4) is 0 Å². The summed E-state index contributed by atoms with van der Waals surface area (Å²) in [5, 5.41) is 13.9. The lowest BCUT2D eigenvalue weighted by atomic mass is 9.78. The van der Waals surface area contributed by atoms with Crippen LogP contribution in [0.3, 0.4) is 0 Å². The number of aliphatic hydroxyl groups is 1. The molecule has 0 aromatic carbocycles. The second-order valence-corrected chi connectivity index (χ2v) is 5.82. The SMILES string of the molecule is CCCC(C)NCC1(O)CCC(C(=O)OCC)CC1. The van der Waals surface area contributed by atoms with Gasteiger partial charge >= 0.3 is 5.97 Å². The molecule has 0 saturated heterocycles. The number of rotatable bonds is 7. The molecule has 0 aliphatic heterocycles. The summed E-state index contributed by atoms with van der Waals surface area (Å²) in [5.74, 6) is -0.120. The second kappa shape index (κ2) is 7.85. The third kappa shape index (κ3) is 5.49. The fourth-order valence-electron chi connectivity index (χ4n) is 2.73. The van der Waals surface area contributed by atoms with Crippen LogP contribution in [0.1, 0.15) is 59.3 Å². The van der Waals surface area contributed by atoms with Crippen molar-refractivity contribution in [3.63, 3.8) is 0 Å². The highest BCUT2D eigenvalue weighted by atomic mass is 16.5. The van der Waals surface area contributed by atoms with Crippen molar-refractivity contribution in [2.45, 2.75) is 70.9 Å². The summed E-state index contributed by atoms with van der Waals surface area (Å²) in [6.07, 6.45) is 5.11. The van der Waals surface area contributed by atoms with Gasteiger partial charge in [-0.1, -0.05) is 13.3 Å². The Morgan fingerprint density at radius 1 is 1.42 bits per heavy atom. The Morgan fingerprint density at radius 3 is 2.58 bits per heavy atom. The van der Waals surface area contributed by atoms with Crippen LogP contribution in [0, 0.1) is 5.92 Å². The average molecular weight is 271 g/mol. The van der Waals surface area contributed by atoms with E-state index in [0.29, 0.717) is 32.0 Å². The predicted molar refractivity (Wildman–Crippen MR) is 75.9 cm³/mol. The minimum atomic E-state index is -0.648. The van der Waals surface area contributed by atoms with Crippen LogP contribution in [-0.4, -0.2) is 35.9 Å². The summed E-state index contributed by atoms with van der Waals surface area (Å²) in [6.45, 7) is 7.21. The molecule has 0 spiro atoms. The van der Waals surface area contributed by atoms with Gasteiger partial charge in [-0.25, -0.2) is 0 Å². The molecule has 0 heterocycles. The molecule has 0 bridgehead atoms. The van der Waals surface area contributed by atoms with Gasteiger partial charge in [-0.15, -0.1) is 0 Å². The third-order valence-electron chi connectivity index (χ3n) is 4.04. The van der Waals surface area contributed by atoms with Crippen LogP contribution < -0.4 is 5.32 Å². The lowest BCUT2D eigenvalue weighted by Crippen LogP contribution is -2.46. The van der Waals surface area contributed by atoms with Gasteiger partial charge in [0.15, 0.2) is 0 Å². The molecule has 112 valence electrons. The van der Waals surface area contributed by atoms with Gasteiger partial charge in [-0.2, -0.15) is 0 Å². The monoisotopic (exact) mass is 271 g/mol. The van der Waals surface area contributed by atoms with E-state index in [1.165, 1.54) is 0 Å². The van der Waals surface area contributed by atoms with Crippen LogP contribution in [0.15, 0.2) is 0 Å². The first-order valence-electron chi connectivity index (χ1n) is 7.63. The van der Waals surface area contributed by atoms with Crippen molar-refractivity contribution in [2.24, 2.45) is 5.92 Å². The summed E-state index contributed by atoms with van der Waals surface area (Å²) < 4.78 is 5.04. The summed E-state index contributed by atoms with van der Waals surface area (Å²) in [6, 6.07) is 0.441. The maximum Gasteiger partial charge on any atom is 0.308 e. The summed E-state index contributed by atoms with van der Waals surface area (Å²) >= 11 is 0. The molecule has 1 saturated carbocycles. The van der Waals surface area contributed by atoms with E-state index in [2.05, 4.69) is 19.2 Å². The fourth-order valence-corrected chi connectivity index (χ4v) is 2.73. The second-order valence-electron chi connectivity index (χ2n) is 5.82. The molecule has 1 rings (SSSR count). The van der Waals surface area contributed by atoms with E-state index in [-0.39, 0.29) is 11.9 Å². The Hall–Kier alpha value is -0.610. The topological polar surface area (TPSA) is 58.6 Å². The number of carbonyl (C=O) groups is 1. The van der Waals surface area contributed by atoms with Crippen LogP contribution in [0.5, 0.6) is 0 Å². The minimum absolute atomic E-state index is 0.0201. The molecule has 1 fully saturated rings. The van der Waals surface area contributed by atoms with Crippen LogP contribution in [-0.2, 0) is 9.53 Å². The van der Waals surface area contributed by atoms with E-state index >= 15 is 0 Å². The smallest absolute Gasteiger partial charge is 0.308 e. The molecule has 1 aliphatic carbocycles. The van der Waals surface area contributed by atoms with E-state index in [0.717, 1.165) is 25.7 Å². The Bertz CT molecular complexity index is 273. The van der Waals surface area contributed by atoms with Crippen LogP contribution in [0.4, 0.5) is 0 Å². The first kappa shape index (κ1) is 16.4. The van der Waals surface area contributed by atoms with Gasteiger partial charge in [-0.05, 0) is 46.0 Å². The molecular formula is C15H29NO3. The molecule has 19 heavy (non-hydrogen) atoms. The van der Waals surface area contributed by atoms with Gasteiger partial charge in [0.25, 0.3) is 0 Å². The number of hydrogen-bond donors (Lipinski definition) is 2. The zero-order chi connectivity index (χ0) is 14.3. The average Bonchev–Trinajstić information content (AvgIpc) is 2.38. The predicted octanol–water partition coefficient (Wildman–Crippen LogP) is 2.25. The van der Waals surface area contributed by atoms with Crippen LogP contribution in [0.2, 0.25) is 0 Å². The summed E-state index contributed by atoms with van der Waals surface area (Å²) in [7, 11) is 0. The highest BCUT2D eigenvalue weighted by molar-refractivity contribution is 5.72. The highest BCUT2D eigenvalue weighted by Crippen LogP contribution is 2.32. The Kier molecular flexibility index (Phi) is 6.80. The Morgan fingerprint density at radius 2 is 2.05 bits per heavy atom. The van der Waals surface area contributed by atoms with E-state index in [4.69, 9.17) is 4.74 Å². The largest absolute Gasteiger partial charge is 0.466 e. The maximum atomic E-state index is 11.6. The van der Waals surface area contributed by atoms with Crippen molar-refractivity contribution in [1.29, 1.82) is 0 Å². The van der Waals surface area contributed by atoms with Crippen molar-refractivity contribution in [1.82, 2.24) is 5.32 Å². The number of carbonyl (C=O) groups excluding carboxylic acids is 1. The standard InChI is InChI=1S/C15H29NO3/c1-4-6-12(3)16-11-15(18)9-7-13(8-10-15)14(17)19-5-2/h12-13,16,18H,4-11H2,1-3H3. The van der Waals surface area contributed by atoms with Crippen molar-refractivity contribution in [2.75, 3.05) is 13.2 Å². The lowest BCUT2D eigenvalue weighted by Gasteiger charge is -2.36. The van der Waals surface area contributed by atoms with Gasteiger partial charge in [-0.3, -0.25) is 4.79 Å². The molecule has 0 radical (unpaired) electrons. The van der Waals surface area contributed by atoms with Gasteiger partial charge in [0.1, 0.15) is 0 Å². The van der Waals surface area contributed by atoms with Crippen molar-refractivity contribution in [3.05, 3.63) is 0 Å². The number of ether oxygens (including phenoxy) is 1. The molecule has 1 aliphatic rings. The Labute approximate surface area is 116 Å². The van der Waals surface area contributed by atoms with Crippen LogP contribution in [0.25, 0.3) is 0 Å². The molecule has 0 aromatic heterocycles. The first-order valence-corrected chi connectivity index (χ1v) is 7.63. The van der Waals surface area contributed by atoms with Gasteiger partial charge in [0.2, 0.25) is 0 Å². The van der Waals surface area contributed by atoms with E-state index in [1.807, 2.05) is 6.92 Å². The minimum Gasteiger partial charge on any atom is -0.466 e. The summed E-state index contributed by atoms with van der Waals surface area (Å²) in [4.78, 5) is 11.6.